The second-order valence-corrected chi connectivity index (χ2v) is 8.52. The Hall–Kier alpha value is -3.39. The molecule has 1 N–H and O–H groups in total. The van der Waals surface area contributed by atoms with Crippen molar-refractivity contribution in [2.24, 2.45) is 0 Å². The summed E-state index contributed by atoms with van der Waals surface area (Å²) in [6, 6.07) is 16.3. The average Bonchev–Trinajstić information content (AvgIpc) is 3.64. The molecule has 1 aromatic heterocycles. The topological polar surface area (TPSA) is 88.6 Å². The molecule has 4 rings (SSSR count). The van der Waals surface area contributed by atoms with Crippen molar-refractivity contribution < 1.29 is 19.1 Å². The summed E-state index contributed by atoms with van der Waals surface area (Å²) in [5.41, 5.74) is 2.05. The number of ether oxygens (including phenoxy) is 1. The number of methoxy groups -OCH3 is 1. The van der Waals surface area contributed by atoms with E-state index in [0.717, 1.165) is 18.2 Å². The normalized spacial score (nSPS) is 12.9. The van der Waals surface area contributed by atoms with Crippen molar-refractivity contribution in [1.82, 2.24) is 10.3 Å². The van der Waals surface area contributed by atoms with E-state index in [2.05, 4.69) is 10.3 Å². The monoisotopic (exact) mass is 449 g/mol. The maximum Gasteiger partial charge on any atom is 0.339 e. The van der Waals surface area contributed by atoms with Crippen LogP contribution in [0.25, 0.3) is 10.9 Å². The van der Waals surface area contributed by atoms with E-state index in [0.29, 0.717) is 27.4 Å². The van der Waals surface area contributed by atoms with Gasteiger partial charge >= 0.3 is 5.97 Å². The Bertz CT molecular complexity index is 1190. The molecule has 8 heteroatoms. The summed E-state index contributed by atoms with van der Waals surface area (Å²) in [6.07, 6.45) is 2.01. The molecule has 0 radical (unpaired) electrons. The van der Waals surface area contributed by atoms with Crippen LogP contribution in [-0.2, 0) is 9.53 Å². The highest BCUT2D eigenvalue weighted by Crippen LogP contribution is 2.27. The zero-order valence-electron chi connectivity index (χ0n) is 17.8. The van der Waals surface area contributed by atoms with Crippen molar-refractivity contribution in [3.8, 4) is 0 Å². The Labute approximate surface area is 190 Å². The lowest BCUT2D eigenvalue weighted by atomic mass is 10.1. The van der Waals surface area contributed by atoms with Crippen molar-refractivity contribution in [2.75, 3.05) is 24.8 Å². The van der Waals surface area contributed by atoms with E-state index < -0.39 is 5.97 Å². The number of benzene rings is 2. The fraction of sp³-hybridized carbons (Fsp3) is 0.250. The number of rotatable bonds is 7. The number of hydrogen-bond donors (Lipinski definition) is 1. The molecule has 1 saturated carbocycles. The predicted octanol–water partition coefficient (Wildman–Crippen LogP) is 3.67. The minimum Gasteiger partial charge on any atom is -0.465 e. The maximum atomic E-state index is 12.9. The van der Waals surface area contributed by atoms with Gasteiger partial charge in [0.05, 0.1) is 40.2 Å². The summed E-state index contributed by atoms with van der Waals surface area (Å²) in [5.74, 6) is -0.731. The van der Waals surface area contributed by atoms with Gasteiger partial charge in [-0.05, 0) is 37.1 Å². The number of fused-ring (bicyclic) bond motifs is 1. The van der Waals surface area contributed by atoms with Crippen molar-refractivity contribution >= 4 is 46.1 Å². The van der Waals surface area contributed by atoms with Crippen LogP contribution in [0.15, 0.2) is 59.6 Å². The summed E-state index contributed by atoms with van der Waals surface area (Å²) in [5, 5.41) is 4.39. The number of hydrogen-bond acceptors (Lipinski definition) is 6. The first kappa shape index (κ1) is 21.8. The van der Waals surface area contributed by atoms with Gasteiger partial charge < -0.3 is 15.0 Å². The summed E-state index contributed by atoms with van der Waals surface area (Å²) < 4.78 is 4.81. The highest BCUT2D eigenvalue weighted by molar-refractivity contribution is 7.99. The van der Waals surface area contributed by atoms with Gasteiger partial charge in [-0.2, -0.15) is 0 Å². The lowest BCUT2D eigenvalue weighted by molar-refractivity contribution is -0.115. The van der Waals surface area contributed by atoms with Gasteiger partial charge in [0, 0.05) is 18.5 Å². The maximum absolute atomic E-state index is 12.9. The third kappa shape index (κ3) is 4.75. The summed E-state index contributed by atoms with van der Waals surface area (Å²) >= 11 is 1.25. The standard InChI is InChI=1S/C24H23N3O4S/c1-27(20-10-6-4-8-17(20)24(30)31-2)22(28)14-32-21-13-18(23(29)25-15-11-12-15)16-7-3-5-9-19(16)26-21/h3-10,13,15H,11-12,14H2,1-2H3,(H,25,29). The first-order valence-corrected chi connectivity index (χ1v) is 11.2. The van der Waals surface area contributed by atoms with Gasteiger partial charge in [-0.1, -0.05) is 42.1 Å². The second kappa shape index (κ2) is 9.40. The molecule has 0 aliphatic heterocycles. The number of carbonyl (C=O) groups is 3. The van der Waals surface area contributed by atoms with Gasteiger partial charge in [0.25, 0.3) is 5.91 Å². The number of nitrogens with zero attached hydrogens (tertiary/aromatic N) is 2. The Morgan fingerprint density at radius 2 is 1.81 bits per heavy atom. The quantitative estimate of drug-likeness (QED) is 0.437. The molecule has 1 aliphatic carbocycles. The van der Waals surface area contributed by atoms with E-state index in [-0.39, 0.29) is 23.6 Å². The Morgan fingerprint density at radius 3 is 2.56 bits per heavy atom. The number of pyridine rings is 1. The minimum atomic E-state index is -0.504. The number of aromatic nitrogens is 1. The summed E-state index contributed by atoms with van der Waals surface area (Å²) in [4.78, 5) is 43.7. The molecular formula is C24H23N3O4S. The summed E-state index contributed by atoms with van der Waals surface area (Å²) in [6.45, 7) is 0. The number of thioether (sulfide) groups is 1. The highest BCUT2D eigenvalue weighted by atomic mass is 32.2. The molecule has 0 atom stereocenters. The van der Waals surface area contributed by atoms with Crippen LogP contribution >= 0.6 is 11.8 Å². The lowest BCUT2D eigenvalue weighted by Gasteiger charge is -2.19. The van der Waals surface area contributed by atoms with Gasteiger partial charge in [-0.3, -0.25) is 9.59 Å². The van der Waals surface area contributed by atoms with Gasteiger partial charge in [0.15, 0.2) is 0 Å². The van der Waals surface area contributed by atoms with Crippen LogP contribution in [-0.4, -0.2) is 48.7 Å². The van der Waals surface area contributed by atoms with E-state index in [1.165, 1.54) is 23.8 Å². The molecule has 2 amide bonds. The number of carbonyl (C=O) groups excluding carboxylic acids is 3. The molecule has 7 nitrogen and oxygen atoms in total. The number of amides is 2. The van der Waals surface area contributed by atoms with E-state index in [1.54, 1.807) is 37.4 Å². The zero-order chi connectivity index (χ0) is 22.7. The highest BCUT2D eigenvalue weighted by Gasteiger charge is 2.25. The third-order valence-corrected chi connectivity index (χ3v) is 6.13. The van der Waals surface area contributed by atoms with E-state index in [9.17, 15) is 14.4 Å². The second-order valence-electron chi connectivity index (χ2n) is 7.52. The Kier molecular flexibility index (Phi) is 6.41. The zero-order valence-corrected chi connectivity index (χ0v) is 18.6. The molecule has 1 aliphatic rings. The van der Waals surface area contributed by atoms with Crippen molar-refractivity contribution in [3.05, 3.63) is 65.7 Å². The number of anilines is 1. The molecule has 0 saturated heterocycles. The smallest absolute Gasteiger partial charge is 0.339 e. The molecule has 2 aromatic carbocycles. The number of esters is 1. The number of nitrogens with one attached hydrogen (secondary N) is 1. The first-order valence-electron chi connectivity index (χ1n) is 10.2. The Balaban J connectivity index is 1.53. The van der Waals surface area contributed by atoms with Crippen LogP contribution in [0.4, 0.5) is 5.69 Å². The van der Waals surface area contributed by atoms with Crippen LogP contribution in [0.2, 0.25) is 0 Å². The van der Waals surface area contributed by atoms with Crippen LogP contribution in [0.1, 0.15) is 33.6 Å². The molecule has 0 spiro atoms. The number of para-hydroxylation sites is 2. The van der Waals surface area contributed by atoms with Crippen molar-refractivity contribution in [2.45, 2.75) is 23.9 Å². The van der Waals surface area contributed by atoms with Gasteiger partial charge in [0.1, 0.15) is 0 Å². The average molecular weight is 450 g/mol. The van der Waals surface area contributed by atoms with Crippen LogP contribution in [0, 0.1) is 0 Å². The minimum absolute atomic E-state index is 0.0982. The first-order chi connectivity index (χ1) is 15.5. The molecule has 3 aromatic rings. The molecule has 0 bridgehead atoms. The fourth-order valence-corrected chi connectivity index (χ4v) is 4.15. The molecule has 32 heavy (non-hydrogen) atoms. The van der Waals surface area contributed by atoms with Crippen LogP contribution < -0.4 is 10.2 Å². The van der Waals surface area contributed by atoms with Crippen LogP contribution in [0.3, 0.4) is 0 Å². The van der Waals surface area contributed by atoms with Crippen molar-refractivity contribution in [1.29, 1.82) is 0 Å². The van der Waals surface area contributed by atoms with E-state index >= 15 is 0 Å². The SMILES string of the molecule is COC(=O)c1ccccc1N(C)C(=O)CSc1cc(C(=O)NC2CC2)c2ccccc2n1. The third-order valence-electron chi connectivity index (χ3n) is 5.24. The predicted molar refractivity (Wildman–Crippen MR) is 124 cm³/mol. The molecule has 1 heterocycles. The van der Waals surface area contributed by atoms with Crippen molar-refractivity contribution in [3.63, 3.8) is 0 Å². The Morgan fingerprint density at radius 1 is 1.09 bits per heavy atom. The van der Waals surface area contributed by atoms with Gasteiger partial charge in [-0.25, -0.2) is 9.78 Å². The van der Waals surface area contributed by atoms with Crippen LogP contribution in [0.5, 0.6) is 0 Å². The van der Waals surface area contributed by atoms with Gasteiger partial charge in [-0.15, -0.1) is 0 Å². The van der Waals surface area contributed by atoms with E-state index in [1.807, 2.05) is 24.3 Å². The lowest BCUT2D eigenvalue weighted by Crippen LogP contribution is -2.29. The molecule has 164 valence electrons. The summed E-state index contributed by atoms with van der Waals surface area (Å²) in [7, 11) is 2.92. The van der Waals surface area contributed by atoms with Gasteiger partial charge in [0.2, 0.25) is 5.91 Å². The molecule has 0 unspecified atom stereocenters. The molecular weight excluding hydrogens is 426 g/mol. The van der Waals surface area contributed by atoms with E-state index in [4.69, 9.17) is 4.74 Å². The fourth-order valence-electron chi connectivity index (χ4n) is 3.32. The largest absolute Gasteiger partial charge is 0.465 e. The molecule has 1 fully saturated rings.